The fraction of sp³-hybridized carbons (Fsp3) is 0.409. The van der Waals surface area contributed by atoms with E-state index in [-0.39, 0.29) is 55.3 Å². The number of fused-ring (bicyclic) bond motifs is 4. The molecule has 25 heteroatoms. The Kier molecular flexibility index (Phi) is 19.0. The Labute approximate surface area is 543 Å². The summed E-state index contributed by atoms with van der Waals surface area (Å²) in [6.07, 6.45) is 13.5. The van der Waals surface area contributed by atoms with E-state index >= 15 is 0 Å². The summed E-state index contributed by atoms with van der Waals surface area (Å²) >= 11 is 6.24. The minimum Gasteiger partial charge on any atom is -0.286 e. The van der Waals surface area contributed by atoms with Crippen LogP contribution in [0.4, 0.5) is 0 Å². The van der Waals surface area contributed by atoms with E-state index in [4.69, 9.17) is 0 Å². The molecule has 0 spiro atoms. The number of rotatable bonds is 6. The van der Waals surface area contributed by atoms with Crippen molar-refractivity contribution in [3.8, 4) is 69.6 Å². The van der Waals surface area contributed by atoms with E-state index in [1.54, 1.807) is 90.0 Å². The largest absolute Gasteiger partial charge is 0.286 e. The third-order valence-corrected chi connectivity index (χ3v) is 20.2. The van der Waals surface area contributed by atoms with Crippen molar-refractivity contribution in [3.05, 3.63) is 153 Å². The average Bonchev–Trinajstić information content (AvgIpc) is 1.86. The van der Waals surface area contributed by atoms with Gasteiger partial charge in [0.15, 0.2) is 20.6 Å². The van der Waals surface area contributed by atoms with Crippen molar-refractivity contribution in [3.63, 3.8) is 0 Å². The van der Waals surface area contributed by atoms with Gasteiger partial charge >= 0.3 is 0 Å². The van der Waals surface area contributed by atoms with Gasteiger partial charge in [0.1, 0.15) is 63.7 Å². The molecule has 0 atom stereocenters. The maximum absolute atomic E-state index is 12.6. The van der Waals surface area contributed by atoms with Gasteiger partial charge in [-0.15, -0.1) is 0 Å². The molecule has 0 saturated heterocycles. The minimum absolute atomic E-state index is 0.00225. The van der Waals surface area contributed by atoms with Crippen LogP contribution < -0.4 is 22.2 Å². The Morgan fingerprint density at radius 2 is 0.923 bits per heavy atom. The first-order valence-electron chi connectivity index (χ1n) is 30.3. The van der Waals surface area contributed by atoms with Crippen molar-refractivity contribution in [2.24, 2.45) is 0 Å². The van der Waals surface area contributed by atoms with E-state index in [1.165, 1.54) is 12.8 Å². The monoisotopic (exact) mass is 1290 g/mol. The zero-order valence-electron chi connectivity index (χ0n) is 51.6. The van der Waals surface area contributed by atoms with Gasteiger partial charge in [-0.2, -0.15) is 21.0 Å². The van der Waals surface area contributed by atoms with Gasteiger partial charge in [-0.3, -0.25) is 52.4 Å². The fourth-order valence-electron chi connectivity index (χ4n) is 10.5. The number of thioether (sulfide) groups is 4. The highest BCUT2D eigenvalue weighted by Gasteiger charge is 2.30. The SMILES string of the molecule is CC(C)(C)c1ccc(-c2nc3n(c(=O)c2C#N)CCCS3)nc1.Cc1nc(C(C)(C)C)ccc1-c1nc2n(c(=O)c1C#N)CCCS2.N#Cc1c(-c2ccc(C3CC3)nc2)nc2n(c1=O)CCCS2.N#Cc1c(-c2ccnc(C3CC3)n2)nc2n(c1=O)CCCS2. The van der Waals surface area contributed by atoms with Crippen molar-refractivity contribution < 1.29 is 0 Å². The van der Waals surface area contributed by atoms with E-state index in [1.807, 2.05) is 61.5 Å². The normalized spacial score (nSPS) is 15.5. The number of nitriles is 4. The summed E-state index contributed by atoms with van der Waals surface area (Å²) in [5.74, 6) is 5.56. The Bertz CT molecular complexity index is 4590. The zero-order valence-corrected chi connectivity index (χ0v) is 54.9. The van der Waals surface area contributed by atoms with Crippen LogP contribution in [-0.2, 0) is 37.0 Å². The summed E-state index contributed by atoms with van der Waals surface area (Å²) in [5.41, 5.74) is 7.60. The van der Waals surface area contributed by atoms with Gasteiger partial charge in [-0.25, -0.2) is 29.9 Å². The number of aromatic nitrogens is 13. The lowest BCUT2D eigenvalue weighted by atomic mass is 9.88. The molecule has 12 heterocycles. The molecular weight excluding hydrogens is 1220 g/mol. The third-order valence-electron chi connectivity index (χ3n) is 15.9. The average molecular weight is 1290 g/mol. The molecule has 0 aromatic carbocycles. The van der Waals surface area contributed by atoms with Crippen LogP contribution in [0.15, 0.2) is 101 Å². The standard InChI is InChI=1S/C18H20N4OS.C17H18N4OS.C16H14N4OS.C15H13N5OS/c1-11-12(6-7-14(20-11)18(2,3)4)15-13(10-19)16(23)22-8-5-9-24-17(22)21-15;1-17(2,3)11-5-6-13(19-10-11)14-12(9-18)15(22)21-7-4-8-23-16(21)20-14;17-8-12-14(11-4-5-13(18-9-11)10-2-3-10)19-16-20(15(12)21)6-1-7-22-16;16-8-10-12(11-4-5-17-13(18-11)9-2-3-9)19-15-20(14(10)21)6-1-7-22-15/h6-7H,5,8-9H2,1-4H3;5-6,10H,4,7-8H2,1-3H3;4-5,9-10H,1-3,6-7H2;4-5,9H,1-3,6-7H2. The molecule has 0 unspecified atom stereocenters. The van der Waals surface area contributed by atoms with E-state index in [0.717, 1.165) is 101 Å². The van der Waals surface area contributed by atoms with E-state index in [0.29, 0.717) is 92.8 Å². The molecule has 91 heavy (non-hydrogen) atoms. The molecule has 8 aromatic heterocycles. The molecule has 0 bridgehead atoms. The molecule has 2 aliphatic carbocycles. The van der Waals surface area contributed by atoms with Crippen LogP contribution in [0.3, 0.4) is 0 Å². The minimum atomic E-state index is -0.263. The van der Waals surface area contributed by atoms with Gasteiger partial charge < -0.3 is 0 Å². The number of aryl methyl sites for hydroxylation is 1. The van der Waals surface area contributed by atoms with E-state index in [9.17, 15) is 40.2 Å². The molecule has 2 fully saturated rings. The van der Waals surface area contributed by atoms with E-state index in [2.05, 4.69) is 92.5 Å². The second-order valence-electron chi connectivity index (χ2n) is 24.6. The quantitative estimate of drug-likeness (QED) is 0.140. The molecule has 8 aromatic rings. The number of pyridine rings is 3. The Morgan fingerprint density at radius 1 is 0.462 bits per heavy atom. The molecule has 14 rings (SSSR count). The Hall–Kier alpha value is -8.59. The summed E-state index contributed by atoms with van der Waals surface area (Å²) in [6, 6.07) is 21.4. The molecule has 6 aliphatic rings. The lowest BCUT2D eigenvalue weighted by molar-refractivity contribution is 0.561. The molecular formula is C66H65N17O4S4. The summed E-state index contributed by atoms with van der Waals surface area (Å²) in [4.78, 5) is 90.9. The van der Waals surface area contributed by atoms with Crippen molar-refractivity contribution in [1.29, 1.82) is 21.0 Å². The van der Waals surface area contributed by atoms with Gasteiger partial charge in [0.25, 0.3) is 22.2 Å². The number of nitrogens with zero attached hydrogens (tertiary/aromatic N) is 17. The zero-order chi connectivity index (χ0) is 64.3. The molecule has 462 valence electrons. The lowest BCUT2D eigenvalue weighted by Crippen LogP contribution is -2.29. The highest BCUT2D eigenvalue weighted by atomic mass is 32.2. The molecule has 21 nitrogen and oxygen atoms in total. The van der Waals surface area contributed by atoms with Crippen LogP contribution in [0.25, 0.3) is 45.3 Å². The summed E-state index contributed by atoms with van der Waals surface area (Å²) in [5, 5.41) is 40.5. The highest BCUT2D eigenvalue weighted by molar-refractivity contribution is 7.99. The van der Waals surface area contributed by atoms with Crippen molar-refractivity contribution in [2.45, 2.75) is 169 Å². The highest BCUT2D eigenvalue weighted by Crippen LogP contribution is 2.40. The molecule has 0 amide bonds. The maximum Gasteiger partial charge on any atom is 0.272 e. The van der Waals surface area contributed by atoms with Crippen LogP contribution in [0.5, 0.6) is 0 Å². The fourth-order valence-corrected chi connectivity index (χ4v) is 14.3. The molecule has 0 N–H and O–H groups in total. The lowest BCUT2D eigenvalue weighted by Gasteiger charge is -2.21. The topological polar surface area (TPSA) is 299 Å². The van der Waals surface area contributed by atoms with Crippen LogP contribution in [0.1, 0.15) is 155 Å². The summed E-state index contributed by atoms with van der Waals surface area (Å²) < 4.78 is 6.42. The molecule has 0 radical (unpaired) electrons. The predicted octanol–water partition coefficient (Wildman–Crippen LogP) is 10.7. The first-order valence-corrected chi connectivity index (χ1v) is 34.2. The first-order chi connectivity index (χ1) is 43.8. The molecule has 2 saturated carbocycles. The summed E-state index contributed by atoms with van der Waals surface area (Å²) in [7, 11) is 0. The predicted molar refractivity (Wildman–Crippen MR) is 351 cm³/mol. The molecule has 4 aliphatic heterocycles. The summed E-state index contributed by atoms with van der Waals surface area (Å²) in [6.45, 7) is 17.1. The van der Waals surface area contributed by atoms with Crippen LogP contribution >= 0.6 is 47.0 Å². The smallest absolute Gasteiger partial charge is 0.272 e. The van der Waals surface area contributed by atoms with Crippen LogP contribution in [0, 0.1) is 52.2 Å². The van der Waals surface area contributed by atoms with Crippen molar-refractivity contribution in [2.75, 3.05) is 23.0 Å². The van der Waals surface area contributed by atoms with E-state index < -0.39 is 0 Å². The Balaban J connectivity index is 0.000000125. The first kappa shape index (κ1) is 64.0. The van der Waals surface area contributed by atoms with Gasteiger partial charge in [0.05, 0.1) is 22.8 Å². The van der Waals surface area contributed by atoms with Crippen LogP contribution in [-0.4, -0.2) is 86.1 Å². The third kappa shape index (κ3) is 13.9. The van der Waals surface area contributed by atoms with Gasteiger partial charge in [-0.05, 0) is 106 Å². The van der Waals surface area contributed by atoms with Gasteiger partial charge in [0.2, 0.25) is 0 Å². The maximum atomic E-state index is 12.6. The van der Waals surface area contributed by atoms with Crippen LogP contribution in [0.2, 0.25) is 0 Å². The second kappa shape index (κ2) is 27.1. The van der Waals surface area contributed by atoms with Crippen molar-refractivity contribution >= 4 is 47.0 Å². The number of hydrogen-bond donors (Lipinski definition) is 0. The van der Waals surface area contributed by atoms with Crippen molar-refractivity contribution in [1.82, 2.24) is 63.1 Å². The van der Waals surface area contributed by atoms with Gasteiger partial charge in [-0.1, -0.05) is 94.7 Å². The second-order valence-corrected chi connectivity index (χ2v) is 28.9. The number of hydrogen-bond acceptors (Lipinski definition) is 21. The van der Waals surface area contributed by atoms with Gasteiger partial charge in [0, 0.05) is 113 Å². The Morgan fingerprint density at radius 3 is 1.34 bits per heavy atom.